The third-order valence-electron chi connectivity index (χ3n) is 3.70. The molecule has 2 nitrogen and oxygen atoms in total. The molecule has 1 fully saturated rings. The van der Waals surface area contributed by atoms with Crippen LogP contribution in [0.2, 0.25) is 0 Å². The maximum Gasteiger partial charge on any atom is 0.123 e. The lowest BCUT2D eigenvalue weighted by Gasteiger charge is -2.26. The summed E-state index contributed by atoms with van der Waals surface area (Å²) in [5.41, 5.74) is 6.20. The summed E-state index contributed by atoms with van der Waals surface area (Å²) in [5, 5.41) is -0.0181. The number of hydrogen-bond donors (Lipinski definition) is 1. The Morgan fingerprint density at radius 1 is 1.35 bits per heavy atom. The van der Waals surface area contributed by atoms with Gasteiger partial charge >= 0.3 is 0 Å². The second-order valence-corrected chi connectivity index (χ2v) is 7.01. The predicted molar refractivity (Wildman–Crippen MR) is 67.6 cm³/mol. The zero-order valence-electron chi connectivity index (χ0n) is 10.2. The van der Waals surface area contributed by atoms with Crippen molar-refractivity contribution in [1.29, 1.82) is 0 Å². The Hall–Kier alpha value is -0.740. The van der Waals surface area contributed by atoms with Crippen molar-refractivity contribution >= 4 is 10.8 Å². The Bertz CT molecular complexity index is 430. The molecule has 2 rings (SSSR count). The van der Waals surface area contributed by atoms with E-state index in [1.807, 2.05) is 0 Å². The summed E-state index contributed by atoms with van der Waals surface area (Å²) in [6, 6.07) is 5.80. The number of rotatable bonds is 2. The average molecular weight is 255 g/mol. The van der Waals surface area contributed by atoms with Gasteiger partial charge in [-0.15, -0.1) is 0 Å². The Balaban J connectivity index is 2.19. The quantitative estimate of drug-likeness (QED) is 0.882. The van der Waals surface area contributed by atoms with Crippen molar-refractivity contribution in [1.82, 2.24) is 0 Å². The zero-order valence-corrected chi connectivity index (χ0v) is 11.0. The average Bonchev–Trinajstić information content (AvgIpc) is 2.55. The van der Waals surface area contributed by atoms with Crippen LogP contribution in [0.4, 0.5) is 4.39 Å². The first-order chi connectivity index (χ1) is 7.92. The summed E-state index contributed by atoms with van der Waals surface area (Å²) >= 11 is 0. The monoisotopic (exact) mass is 255 g/mol. The van der Waals surface area contributed by atoms with Gasteiger partial charge in [0.1, 0.15) is 5.82 Å². The molecule has 3 atom stereocenters. The van der Waals surface area contributed by atoms with E-state index >= 15 is 0 Å². The van der Waals surface area contributed by atoms with Gasteiger partial charge in [0.05, 0.1) is 16.0 Å². The standard InChI is InChI=1S/C13H18FNOS/c1-13(2)8-7-11(12(13)15)17(16)10-5-3-9(14)4-6-10/h3-6,11-12H,7-8,15H2,1-2H3. The van der Waals surface area contributed by atoms with E-state index in [4.69, 9.17) is 5.73 Å². The van der Waals surface area contributed by atoms with Crippen LogP contribution in [-0.2, 0) is 10.8 Å². The van der Waals surface area contributed by atoms with Crippen LogP contribution in [-0.4, -0.2) is 15.5 Å². The minimum Gasteiger partial charge on any atom is -0.326 e. The molecule has 0 spiro atoms. The lowest BCUT2D eigenvalue weighted by molar-refractivity contribution is 0.334. The van der Waals surface area contributed by atoms with Crippen molar-refractivity contribution in [2.45, 2.75) is 42.9 Å². The molecular formula is C13H18FNOS. The number of benzene rings is 1. The second kappa shape index (κ2) is 4.50. The molecule has 0 amide bonds. The Kier molecular flexibility index (Phi) is 3.36. The van der Waals surface area contributed by atoms with Gasteiger partial charge in [-0.05, 0) is 42.5 Å². The fourth-order valence-electron chi connectivity index (χ4n) is 2.35. The summed E-state index contributed by atoms with van der Waals surface area (Å²) in [5.74, 6) is -0.304. The molecule has 1 aliphatic carbocycles. The van der Waals surface area contributed by atoms with Gasteiger partial charge < -0.3 is 5.73 Å². The van der Waals surface area contributed by atoms with E-state index in [9.17, 15) is 8.60 Å². The van der Waals surface area contributed by atoms with Crippen LogP contribution in [0.3, 0.4) is 0 Å². The van der Waals surface area contributed by atoms with Crippen LogP contribution >= 0.6 is 0 Å². The van der Waals surface area contributed by atoms with Gasteiger partial charge in [0.25, 0.3) is 0 Å². The first-order valence-electron chi connectivity index (χ1n) is 5.83. The van der Waals surface area contributed by atoms with Crippen LogP contribution in [0.25, 0.3) is 0 Å². The van der Waals surface area contributed by atoms with Gasteiger partial charge in [0.15, 0.2) is 0 Å². The summed E-state index contributed by atoms with van der Waals surface area (Å²) in [7, 11) is -1.14. The number of halogens is 1. The molecule has 1 aromatic rings. The fourth-order valence-corrected chi connectivity index (χ4v) is 4.07. The van der Waals surface area contributed by atoms with Crippen molar-refractivity contribution in [3.05, 3.63) is 30.1 Å². The zero-order chi connectivity index (χ0) is 12.6. The molecule has 94 valence electrons. The van der Waals surface area contributed by atoms with Crippen molar-refractivity contribution in [3.8, 4) is 0 Å². The molecule has 17 heavy (non-hydrogen) atoms. The summed E-state index contributed by atoms with van der Waals surface area (Å²) < 4.78 is 25.2. The van der Waals surface area contributed by atoms with E-state index in [0.717, 1.165) is 12.8 Å². The SMILES string of the molecule is CC1(C)CCC(S(=O)c2ccc(F)cc2)C1N. The van der Waals surface area contributed by atoms with Crippen molar-refractivity contribution in [2.24, 2.45) is 11.1 Å². The predicted octanol–water partition coefficient (Wildman–Crippen LogP) is 2.45. The maximum absolute atomic E-state index is 12.8. The Morgan fingerprint density at radius 3 is 2.41 bits per heavy atom. The molecule has 1 aromatic carbocycles. The van der Waals surface area contributed by atoms with E-state index in [1.54, 1.807) is 12.1 Å². The van der Waals surface area contributed by atoms with Gasteiger partial charge in [-0.3, -0.25) is 4.21 Å². The molecule has 4 heteroatoms. The van der Waals surface area contributed by atoms with Gasteiger partial charge in [0.2, 0.25) is 0 Å². The maximum atomic E-state index is 12.8. The lowest BCUT2D eigenvalue weighted by atomic mass is 9.88. The minimum atomic E-state index is -1.14. The van der Waals surface area contributed by atoms with Gasteiger partial charge in [-0.2, -0.15) is 0 Å². The molecule has 2 N–H and O–H groups in total. The molecule has 3 unspecified atom stereocenters. The van der Waals surface area contributed by atoms with Crippen molar-refractivity contribution in [3.63, 3.8) is 0 Å². The first-order valence-corrected chi connectivity index (χ1v) is 7.05. The van der Waals surface area contributed by atoms with E-state index in [0.29, 0.717) is 4.90 Å². The largest absolute Gasteiger partial charge is 0.326 e. The highest BCUT2D eigenvalue weighted by Gasteiger charge is 2.42. The summed E-state index contributed by atoms with van der Waals surface area (Å²) in [4.78, 5) is 0.671. The summed E-state index contributed by atoms with van der Waals surface area (Å²) in [6.07, 6.45) is 1.87. The normalized spacial score (nSPS) is 29.2. The van der Waals surface area contributed by atoms with Crippen LogP contribution < -0.4 is 5.73 Å². The molecule has 0 saturated heterocycles. The molecule has 1 aliphatic rings. The second-order valence-electron chi connectivity index (χ2n) is 5.34. The molecular weight excluding hydrogens is 237 g/mol. The summed E-state index contributed by atoms with van der Waals surface area (Å²) in [6.45, 7) is 4.22. The Labute approximate surface area is 104 Å². The molecule has 0 radical (unpaired) electrons. The molecule has 1 saturated carbocycles. The third kappa shape index (κ3) is 2.43. The molecule has 0 heterocycles. The van der Waals surface area contributed by atoms with E-state index < -0.39 is 10.8 Å². The van der Waals surface area contributed by atoms with Gasteiger partial charge in [-0.1, -0.05) is 13.8 Å². The van der Waals surface area contributed by atoms with Gasteiger partial charge in [0, 0.05) is 10.9 Å². The highest BCUT2D eigenvalue weighted by atomic mass is 32.2. The van der Waals surface area contributed by atoms with Crippen molar-refractivity contribution < 1.29 is 8.60 Å². The minimum absolute atomic E-state index is 0.0181. The molecule has 0 aliphatic heterocycles. The third-order valence-corrected chi connectivity index (χ3v) is 5.51. The molecule has 0 aromatic heterocycles. The molecule has 0 bridgehead atoms. The van der Waals surface area contributed by atoms with Gasteiger partial charge in [-0.25, -0.2) is 4.39 Å². The van der Waals surface area contributed by atoms with Crippen LogP contribution in [0.15, 0.2) is 29.2 Å². The first kappa shape index (κ1) is 12.7. The number of hydrogen-bond acceptors (Lipinski definition) is 2. The van der Waals surface area contributed by atoms with Crippen LogP contribution in [0.1, 0.15) is 26.7 Å². The van der Waals surface area contributed by atoms with E-state index in [1.165, 1.54) is 12.1 Å². The Morgan fingerprint density at radius 2 is 1.94 bits per heavy atom. The lowest BCUT2D eigenvalue weighted by Crippen LogP contribution is -2.41. The van der Waals surface area contributed by atoms with Crippen LogP contribution in [0, 0.1) is 11.2 Å². The number of nitrogens with two attached hydrogens (primary N) is 1. The highest BCUT2D eigenvalue weighted by Crippen LogP contribution is 2.39. The topological polar surface area (TPSA) is 43.1 Å². The van der Waals surface area contributed by atoms with E-state index in [-0.39, 0.29) is 22.5 Å². The van der Waals surface area contributed by atoms with Crippen molar-refractivity contribution in [2.75, 3.05) is 0 Å². The van der Waals surface area contributed by atoms with E-state index in [2.05, 4.69) is 13.8 Å². The van der Waals surface area contributed by atoms with Crippen LogP contribution in [0.5, 0.6) is 0 Å². The highest BCUT2D eigenvalue weighted by molar-refractivity contribution is 7.85. The fraction of sp³-hybridized carbons (Fsp3) is 0.538. The smallest absolute Gasteiger partial charge is 0.123 e.